The van der Waals surface area contributed by atoms with Crippen molar-refractivity contribution in [2.45, 2.75) is 19.1 Å². The van der Waals surface area contributed by atoms with Gasteiger partial charge < -0.3 is 0 Å². The third-order valence-electron chi connectivity index (χ3n) is 2.03. The molecule has 14 heavy (non-hydrogen) atoms. The van der Waals surface area contributed by atoms with E-state index in [2.05, 4.69) is 12.6 Å². The van der Waals surface area contributed by atoms with E-state index in [1.165, 1.54) is 24.3 Å². The molecule has 1 rings (SSSR count). The van der Waals surface area contributed by atoms with Crippen molar-refractivity contribution < 1.29 is 9.18 Å². The van der Waals surface area contributed by atoms with Gasteiger partial charge in [-0.25, -0.2) is 4.39 Å². The van der Waals surface area contributed by atoms with Gasteiger partial charge in [0.25, 0.3) is 0 Å². The van der Waals surface area contributed by atoms with E-state index in [9.17, 15) is 9.18 Å². The average Bonchev–Trinajstić information content (AvgIpc) is 2.16. The van der Waals surface area contributed by atoms with Crippen molar-refractivity contribution in [3.63, 3.8) is 0 Å². The topological polar surface area (TPSA) is 17.1 Å². The first-order valence-corrected chi connectivity index (χ1v) is 5.02. The molecule has 76 valence electrons. The Bertz CT molecular complexity index is 319. The van der Waals surface area contributed by atoms with Crippen LogP contribution in [0.4, 0.5) is 4.39 Å². The zero-order valence-corrected chi connectivity index (χ0v) is 9.09. The Labute approximate surface area is 88.7 Å². The summed E-state index contributed by atoms with van der Waals surface area (Å²) < 4.78 is 12.6. The molecule has 0 aromatic heterocycles. The second-order valence-corrected chi connectivity index (χ2v) is 4.12. The monoisotopic (exact) mass is 212 g/mol. The van der Waals surface area contributed by atoms with Crippen molar-refractivity contribution >= 4 is 18.4 Å². The van der Waals surface area contributed by atoms with Gasteiger partial charge in [0.05, 0.1) is 5.25 Å². The van der Waals surface area contributed by atoms with Gasteiger partial charge in [-0.1, -0.05) is 13.8 Å². The molecule has 1 nitrogen and oxygen atoms in total. The van der Waals surface area contributed by atoms with Crippen molar-refractivity contribution in [2.75, 3.05) is 0 Å². The van der Waals surface area contributed by atoms with Gasteiger partial charge in [0.1, 0.15) is 5.82 Å². The first-order chi connectivity index (χ1) is 6.52. The summed E-state index contributed by atoms with van der Waals surface area (Å²) in [6.07, 6.45) is 0. The maximum Gasteiger partial charge on any atom is 0.175 e. The number of thiol groups is 1. The van der Waals surface area contributed by atoms with Gasteiger partial charge in [0.15, 0.2) is 5.78 Å². The smallest absolute Gasteiger partial charge is 0.175 e. The summed E-state index contributed by atoms with van der Waals surface area (Å²) in [5, 5.41) is -0.319. The highest BCUT2D eigenvalue weighted by Gasteiger charge is 2.18. The van der Waals surface area contributed by atoms with Crippen LogP contribution < -0.4 is 0 Å². The zero-order valence-electron chi connectivity index (χ0n) is 8.20. The molecule has 0 bridgehead atoms. The summed E-state index contributed by atoms with van der Waals surface area (Å²) in [6, 6.07) is 5.55. The molecule has 0 N–H and O–H groups in total. The first kappa shape index (κ1) is 11.2. The molecule has 1 aromatic carbocycles. The Morgan fingerprint density at radius 1 is 1.29 bits per heavy atom. The van der Waals surface area contributed by atoms with E-state index in [1.54, 1.807) is 0 Å². The van der Waals surface area contributed by atoms with Crippen LogP contribution in [0.25, 0.3) is 0 Å². The largest absolute Gasteiger partial charge is 0.293 e. The van der Waals surface area contributed by atoms with E-state index < -0.39 is 0 Å². The molecular formula is C11H13FOS. The molecule has 0 spiro atoms. The number of rotatable bonds is 3. The van der Waals surface area contributed by atoms with Gasteiger partial charge in [0.2, 0.25) is 0 Å². The van der Waals surface area contributed by atoms with Crippen molar-refractivity contribution in [1.82, 2.24) is 0 Å². The number of hydrogen-bond acceptors (Lipinski definition) is 2. The predicted molar refractivity (Wildman–Crippen MR) is 58.3 cm³/mol. The Balaban J connectivity index is 2.84. The minimum atomic E-state index is -0.332. The van der Waals surface area contributed by atoms with E-state index in [-0.39, 0.29) is 22.8 Å². The zero-order chi connectivity index (χ0) is 10.7. The van der Waals surface area contributed by atoms with Gasteiger partial charge in [-0.3, -0.25) is 4.79 Å². The Morgan fingerprint density at radius 2 is 1.79 bits per heavy atom. The molecule has 0 aliphatic carbocycles. The van der Waals surface area contributed by atoms with Crippen LogP contribution in [0.15, 0.2) is 24.3 Å². The van der Waals surface area contributed by atoms with Crippen LogP contribution in [0.1, 0.15) is 24.2 Å². The molecule has 1 atom stereocenters. The molecule has 3 heteroatoms. The normalized spacial score (nSPS) is 12.9. The second-order valence-electron chi connectivity index (χ2n) is 3.56. The fourth-order valence-electron chi connectivity index (χ4n) is 1.09. The van der Waals surface area contributed by atoms with Crippen molar-refractivity contribution in [3.8, 4) is 0 Å². The lowest BCUT2D eigenvalue weighted by Crippen LogP contribution is -2.20. The SMILES string of the molecule is CC(C)C(S)C(=O)c1ccc(F)cc1. The summed E-state index contributed by atoms with van der Waals surface area (Å²) in [4.78, 5) is 11.7. The number of carbonyl (C=O) groups excluding carboxylic acids is 1. The number of Topliss-reactive ketones (excluding diaryl/α,β-unsaturated/α-hetero) is 1. The third-order valence-corrected chi connectivity index (χ3v) is 2.86. The van der Waals surface area contributed by atoms with Gasteiger partial charge in [-0.15, -0.1) is 0 Å². The maximum atomic E-state index is 12.6. The Morgan fingerprint density at radius 3 is 2.21 bits per heavy atom. The number of ketones is 1. The highest BCUT2D eigenvalue weighted by atomic mass is 32.1. The summed E-state index contributed by atoms with van der Waals surface area (Å²) in [5.41, 5.74) is 0.514. The number of carbonyl (C=O) groups is 1. The van der Waals surface area contributed by atoms with E-state index >= 15 is 0 Å². The van der Waals surface area contributed by atoms with Crippen molar-refractivity contribution in [1.29, 1.82) is 0 Å². The van der Waals surface area contributed by atoms with Crippen molar-refractivity contribution in [2.24, 2.45) is 5.92 Å². The number of halogens is 1. The fourth-order valence-corrected chi connectivity index (χ4v) is 1.24. The Hall–Kier alpha value is -0.830. The highest BCUT2D eigenvalue weighted by Crippen LogP contribution is 2.15. The molecule has 0 amide bonds. The predicted octanol–water partition coefficient (Wildman–Crippen LogP) is 2.96. The molecule has 0 fully saturated rings. The van der Waals surface area contributed by atoms with Crippen LogP contribution in [0.3, 0.4) is 0 Å². The van der Waals surface area contributed by atoms with Crippen LogP contribution in [0.5, 0.6) is 0 Å². The Kier molecular flexibility index (Phi) is 3.69. The van der Waals surface area contributed by atoms with Crippen LogP contribution in [0, 0.1) is 11.7 Å². The van der Waals surface area contributed by atoms with E-state index in [1.807, 2.05) is 13.8 Å². The number of hydrogen-bond donors (Lipinski definition) is 1. The van der Waals surface area contributed by atoms with Gasteiger partial charge in [0, 0.05) is 5.56 Å². The van der Waals surface area contributed by atoms with E-state index in [0.717, 1.165) is 0 Å². The van der Waals surface area contributed by atoms with Crippen LogP contribution in [-0.4, -0.2) is 11.0 Å². The molecule has 0 radical (unpaired) electrons. The standard InChI is InChI=1S/C11H13FOS/c1-7(2)11(14)10(13)8-3-5-9(12)6-4-8/h3-7,11,14H,1-2H3. The van der Waals surface area contributed by atoms with Crippen LogP contribution >= 0.6 is 12.6 Å². The molecule has 0 saturated carbocycles. The first-order valence-electron chi connectivity index (χ1n) is 4.50. The van der Waals surface area contributed by atoms with Crippen molar-refractivity contribution in [3.05, 3.63) is 35.6 Å². The average molecular weight is 212 g/mol. The molecular weight excluding hydrogens is 199 g/mol. The third kappa shape index (κ3) is 2.58. The summed E-state index contributed by atoms with van der Waals surface area (Å²) in [5.74, 6) is -0.207. The van der Waals surface area contributed by atoms with Gasteiger partial charge >= 0.3 is 0 Å². The molecule has 0 heterocycles. The fraction of sp³-hybridized carbons (Fsp3) is 0.364. The lowest BCUT2D eigenvalue weighted by Gasteiger charge is -2.12. The molecule has 1 unspecified atom stereocenters. The maximum absolute atomic E-state index is 12.6. The summed E-state index contributed by atoms with van der Waals surface area (Å²) in [7, 11) is 0. The summed E-state index contributed by atoms with van der Waals surface area (Å²) >= 11 is 4.21. The van der Waals surface area contributed by atoms with Gasteiger partial charge in [-0.2, -0.15) is 12.6 Å². The van der Waals surface area contributed by atoms with Crippen LogP contribution in [0.2, 0.25) is 0 Å². The lowest BCUT2D eigenvalue weighted by atomic mass is 10.0. The lowest BCUT2D eigenvalue weighted by molar-refractivity contribution is 0.0976. The minimum absolute atomic E-state index is 0.0525. The molecule has 0 saturated heterocycles. The molecule has 1 aromatic rings. The van der Waals surface area contributed by atoms with E-state index in [4.69, 9.17) is 0 Å². The van der Waals surface area contributed by atoms with E-state index in [0.29, 0.717) is 5.56 Å². The van der Waals surface area contributed by atoms with Crippen LogP contribution in [-0.2, 0) is 0 Å². The second kappa shape index (κ2) is 4.60. The molecule has 0 aliphatic heterocycles. The minimum Gasteiger partial charge on any atom is -0.293 e. The highest BCUT2D eigenvalue weighted by molar-refractivity contribution is 7.81. The van der Waals surface area contributed by atoms with Gasteiger partial charge in [-0.05, 0) is 30.2 Å². The summed E-state index contributed by atoms with van der Waals surface area (Å²) in [6.45, 7) is 3.86. The number of benzene rings is 1. The quantitative estimate of drug-likeness (QED) is 0.602. The molecule has 0 aliphatic rings.